The number of aliphatic carboxylic acids is 1. The van der Waals surface area contributed by atoms with Gasteiger partial charge in [0, 0.05) is 18.8 Å². The molecule has 4 heteroatoms. The Bertz CT molecular complexity index is 532. The molecule has 0 amide bonds. The van der Waals surface area contributed by atoms with E-state index in [-0.39, 0.29) is 23.7 Å². The molecule has 27 heavy (non-hydrogen) atoms. The summed E-state index contributed by atoms with van der Waals surface area (Å²) in [4.78, 5) is 22.9. The Hall–Kier alpha value is -1.42. The Labute approximate surface area is 164 Å². The maximum atomic E-state index is 12.4. The van der Waals surface area contributed by atoms with Crippen LogP contribution in [0.5, 0.6) is 0 Å². The third-order valence-electron chi connectivity index (χ3n) is 5.87. The number of aliphatic hydroxyl groups excluding tert-OH is 1. The largest absolute Gasteiger partial charge is 0.481 e. The van der Waals surface area contributed by atoms with E-state index in [1.807, 2.05) is 18.2 Å². The third kappa shape index (κ3) is 8.00. The van der Waals surface area contributed by atoms with Crippen LogP contribution in [-0.4, -0.2) is 28.1 Å². The number of aliphatic hydroxyl groups is 1. The van der Waals surface area contributed by atoms with Crippen LogP contribution in [0.3, 0.4) is 0 Å². The van der Waals surface area contributed by atoms with Crippen LogP contribution in [0.15, 0.2) is 24.3 Å². The van der Waals surface area contributed by atoms with Gasteiger partial charge < -0.3 is 10.2 Å². The molecule has 1 fully saturated rings. The Morgan fingerprint density at radius 2 is 2.00 bits per heavy atom. The summed E-state index contributed by atoms with van der Waals surface area (Å²) in [6.45, 7) is 8.46. The minimum atomic E-state index is -0.770. The van der Waals surface area contributed by atoms with Gasteiger partial charge in [0.2, 0.25) is 0 Å². The molecule has 0 aliphatic heterocycles. The van der Waals surface area contributed by atoms with Crippen molar-refractivity contribution in [3.63, 3.8) is 0 Å². The molecule has 1 unspecified atom stereocenters. The Balaban J connectivity index is 2.63. The van der Waals surface area contributed by atoms with Gasteiger partial charge in [0.05, 0.1) is 6.10 Å². The highest BCUT2D eigenvalue weighted by molar-refractivity contribution is 5.84. The lowest BCUT2D eigenvalue weighted by atomic mass is 9.80. The van der Waals surface area contributed by atoms with Crippen LogP contribution in [0.2, 0.25) is 0 Å². The highest BCUT2D eigenvalue weighted by Crippen LogP contribution is 2.38. The number of Topliss-reactive ketones (excluding diaryl/α,β-unsaturated/α-hetero) is 1. The van der Waals surface area contributed by atoms with Crippen molar-refractivity contribution >= 4 is 11.8 Å². The first-order valence-electron chi connectivity index (χ1n) is 10.4. The lowest BCUT2D eigenvalue weighted by Gasteiger charge is -2.29. The fraction of sp³-hybridized carbons (Fsp3) is 0.739. The second-order valence-corrected chi connectivity index (χ2v) is 8.75. The molecule has 2 N–H and O–H groups in total. The van der Waals surface area contributed by atoms with Gasteiger partial charge >= 0.3 is 5.97 Å². The third-order valence-corrected chi connectivity index (χ3v) is 5.87. The van der Waals surface area contributed by atoms with E-state index in [2.05, 4.69) is 33.8 Å². The van der Waals surface area contributed by atoms with E-state index in [1.54, 1.807) is 0 Å². The van der Waals surface area contributed by atoms with Crippen LogP contribution in [0.4, 0.5) is 0 Å². The molecule has 0 radical (unpaired) electrons. The molecular weight excluding hydrogens is 340 g/mol. The average Bonchev–Trinajstić information content (AvgIpc) is 2.86. The SMILES string of the molecule is CCCCC(C)(C)C(O)/C=C/[C@H]1[C@H](C)CC(=O)[C@@H]1C/C=C\CCCC(=O)O. The van der Waals surface area contributed by atoms with Crippen LogP contribution >= 0.6 is 0 Å². The van der Waals surface area contributed by atoms with Crippen molar-refractivity contribution in [2.45, 2.75) is 85.2 Å². The molecule has 0 aromatic carbocycles. The van der Waals surface area contributed by atoms with Gasteiger partial charge in [-0.25, -0.2) is 0 Å². The van der Waals surface area contributed by atoms with Gasteiger partial charge in [-0.1, -0.05) is 64.8 Å². The zero-order chi connectivity index (χ0) is 20.4. The van der Waals surface area contributed by atoms with E-state index in [9.17, 15) is 14.7 Å². The van der Waals surface area contributed by atoms with E-state index in [1.165, 1.54) is 0 Å². The van der Waals surface area contributed by atoms with Crippen molar-refractivity contribution in [2.24, 2.45) is 23.2 Å². The van der Waals surface area contributed by atoms with Crippen molar-refractivity contribution < 1.29 is 19.8 Å². The molecule has 0 aromatic heterocycles. The maximum Gasteiger partial charge on any atom is 0.303 e. The maximum absolute atomic E-state index is 12.4. The molecule has 1 rings (SSSR count). The summed E-state index contributed by atoms with van der Waals surface area (Å²) in [6.07, 6.45) is 13.5. The quantitative estimate of drug-likeness (QED) is 0.363. The van der Waals surface area contributed by atoms with E-state index in [4.69, 9.17) is 5.11 Å². The first kappa shape index (κ1) is 23.6. The topological polar surface area (TPSA) is 74.6 Å². The number of ketones is 1. The molecular formula is C23H38O4. The standard InChI is InChI=1S/C23H38O4/c1-5-6-15-23(3,4)21(25)14-13-18-17(2)16-20(24)19(18)11-9-7-8-10-12-22(26)27/h7,9,13-14,17-19,21,25H,5-6,8,10-12,15-16H2,1-4H3,(H,26,27)/b9-7-,14-13+/t17-,18+,19-,21?/m1/s1. The summed E-state index contributed by atoms with van der Waals surface area (Å²) < 4.78 is 0. The highest BCUT2D eigenvalue weighted by atomic mass is 16.4. The van der Waals surface area contributed by atoms with Gasteiger partial charge in [-0.05, 0) is 42.9 Å². The van der Waals surface area contributed by atoms with E-state index in [0.717, 1.165) is 25.7 Å². The van der Waals surface area contributed by atoms with Crippen LogP contribution in [0, 0.1) is 23.2 Å². The molecule has 154 valence electrons. The Morgan fingerprint density at radius 3 is 2.63 bits per heavy atom. The van der Waals surface area contributed by atoms with Crippen molar-refractivity contribution in [2.75, 3.05) is 0 Å². The van der Waals surface area contributed by atoms with Crippen molar-refractivity contribution in [1.82, 2.24) is 0 Å². The second-order valence-electron chi connectivity index (χ2n) is 8.75. The van der Waals surface area contributed by atoms with Gasteiger partial charge in [-0.3, -0.25) is 9.59 Å². The second kappa shape index (κ2) is 11.4. The zero-order valence-electron chi connectivity index (χ0n) is 17.5. The summed E-state index contributed by atoms with van der Waals surface area (Å²) in [5.74, 6) is -0.0401. The lowest BCUT2D eigenvalue weighted by Crippen LogP contribution is -2.28. The van der Waals surface area contributed by atoms with Crippen LogP contribution in [-0.2, 0) is 9.59 Å². The van der Waals surface area contributed by atoms with Gasteiger partial charge in [-0.2, -0.15) is 0 Å². The predicted molar refractivity (Wildman–Crippen MR) is 109 cm³/mol. The monoisotopic (exact) mass is 378 g/mol. The lowest BCUT2D eigenvalue weighted by molar-refractivity contribution is -0.137. The number of rotatable bonds is 12. The smallest absolute Gasteiger partial charge is 0.303 e. The van der Waals surface area contributed by atoms with E-state index < -0.39 is 12.1 Å². The van der Waals surface area contributed by atoms with Crippen LogP contribution < -0.4 is 0 Å². The number of unbranched alkanes of at least 4 members (excludes halogenated alkanes) is 2. The first-order chi connectivity index (χ1) is 12.7. The number of carboxylic acids is 1. The zero-order valence-corrected chi connectivity index (χ0v) is 17.5. The highest BCUT2D eigenvalue weighted by Gasteiger charge is 2.38. The molecule has 1 saturated carbocycles. The molecule has 0 aromatic rings. The average molecular weight is 379 g/mol. The van der Waals surface area contributed by atoms with E-state index in [0.29, 0.717) is 31.0 Å². The van der Waals surface area contributed by atoms with Crippen LogP contribution in [0.25, 0.3) is 0 Å². The molecule has 4 atom stereocenters. The molecule has 0 saturated heterocycles. The normalized spacial score (nSPS) is 24.9. The predicted octanol–water partition coefficient (Wildman–Crippen LogP) is 5.16. The van der Waals surface area contributed by atoms with Crippen molar-refractivity contribution in [3.8, 4) is 0 Å². The van der Waals surface area contributed by atoms with Gasteiger partial charge in [-0.15, -0.1) is 0 Å². The molecule has 4 nitrogen and oxygen atoms in total. The summed E-state index contributed by atoms with van der Waals surface area (Å²) >= 11 is 0. The molecule has 1 aliphatic carbocycles. The molecule has 0 heterocycles. The fourth-order valence-electron chi connectivity index (χ4n) is 3.83. The summed E-state index contributed by atoms with van der Waals surface area (Å²) in [5, 5.41) is 19.2. The minimum absolute atomic E-state index is 0.0297. The number of allylic oxidation sites excluding steroid dienone is 3. The van der Waals surface area contributed by atoms with Gasteiger partial charge in [0.15, 0.2) is 0 Å². The van der Waals surface area contributed by atoms with Gasteiger partial charge in [0.1, 0.15) is 5.78 Å². The summed E-state index contributed by atoms with van der Waals surface area (Å²) in [7, 11) is 0. The number of hydrogen-bond acceptors (Lipinski definition) is 3. The van der Waals surface area contributed by atoms with E-state index >= 15 is 0 Å². The number of carbonyl (C=O) groups excluding carboxylic acids is 1. The summed E-state index contributed by atoms with van der Waals surface area (Å²) in [6, 6.07) is 0. The fourth-order valence-corrected chi connectivity index (χ4v) is 3.83. The Kier molecular flexibility index (Phi) is 10.00. The Morgan fingerprint density at radius 1 is 1.30 bits per heavy atom. The van der Waals surface area contributed by atoms with Gasteiger partial charge in [0.25, 0.3) is 0 Å². The number of hydrogen-bond donors (Lipinski definition) is 2. The minimum Gasteiger partial charge on any atom is -0.481 e. The summed E-state index contributed by atoms with van der Waals surface area (Å²) in [5.41, 5.74) is -0.155. The molecule has 0 spiro atoms. The van der Waals surface area contributed by atoms with Crippen LogP contribution in [0.1, 0.15) is 79.1 Å². The first-order valence-corrected chi connectivity index (χ1v) is 10.4. The number of carboxylic acid groups (broad SMARTS) is 1. The molecule has 1 aliphatic rings. The molecule has 0 bridgehead atoms. The van der Waals surface area contributed by atoms with Crippen molar-refractivity contribution in [1.29, 1.82) is 0 Å². The number of carbonyl (C=O) groups is 2. The van der Waals surface area contributed by atoms with Crippen molar-refractivity contribution in [3.05, 3.63) is 24.3 Å².